The number of nitrogens with zero attached hydrogens (tertiary/aromatic N) is 2. The highest BCUT2D eigenvalue weighted by atomic mass is 32.1. The van der Waals surface area contributed by atoms with Gasteiger partial charge in [-0.2, -0.15) is 0 Å². The van der Waals surface area contributed by atoms with E-state index >= 15 is 0 Å². The van der Waals surface area contributed by atoms with E-state index < -0.39 is 36.1 Å². The van der Waals surface area contributed by atoms with E-state index in [-0.39, 0.29) is 11.4 Å². The summed E-state index contributed by atoms with van der Waals surface area (Å²) in [5.41, 5.74) is -0.435. The van der Waals surface area contributed by atoms with Crippen LogP contribution in [0.5, 0.6) is 0 Å². The lowest BCUT2D eigenvalue weighted by Crippen LogP contribution is -2.43. The number of ether oxygens (including phenoxy) is 1. The van der Waals surface area contributed by atoms with Gasteiger partial charge in [-0.15, -0.1) is 11.3 Å². The third-order valence-electron chi connectivity index (χ3n) is 5.09. The molecule has 1 fully saturated rings. The van der Waals surface area contributed by atoms with Crippen molar-refractivity contribution in [2.45, 2.75) is 52.7 Å². The van der Waals surface area contributed by atoms with E-state index in [0.29, 0.717) is 16.6 Å². The molecule has 0 aliphatic carbocycles. The quantitative estimate of drug-likeness (QED) is 0.578. The maximum absolute atomic E-state index is 12.4. The first-order valence-corrected chi connectivity index (χ1v) is 9.72. The van der Waals surface area contributed by atoms with Crippen LogP contribution in [0.25, 0.3) is 10.2 Å². The van der Waals surface area contributed by atoms with Crippen LogP contribution < -0.4 is 10.9 Å². The topological polar surface area (TPSA) is 121 Å². The second-order valence-corrected chi connectivity index (χ2v) is 8.26. The lowest BCUT2D eigenvalue weighted by Gasteiger charge is -2.19. The molecule has 1 aliphatic rings. The lowest BCUT2D eigenvalue weighted by molar-refractivity contribution is -0.152. The van der Waals surface area contributed by atoms with E-state index in [0.717, 1.165) is 15.3 Å². The number of carbonyl (C=O) groups is 3. The van der Waals surface area contributed by atoms with E-state index in [2.05, 4.69) is 15.3 Å². The number of thiophene rings is 1. The average Bonchev–Trinajstić information content (AvgIpc) is 3.03. The molecule has 9 nitrogen and oxygen atoms in total. The van der Waals surface area contributed by atoms with Gasteiger partial charge in [0.15, 0.2) is 11.9 Å². The van der Waals surface area contributed by atoms with E-state index in [1.165, 1.54) is 11.3 Å². The number of hydrogen-bond acceptors (Lipinski definition) is 7. The number of amides is 3. The predicted molar refractivity (Wildman–Crippen MR) is 103 cm³/mol. The minimum atomic E-state index is -1.02. The van der Waals surface area contributed by atoms with E-state index in [1.807, 2.05) is 13.8 Å². The van der Waals surface area contributed by atoms with Crippen LogP contribution in [0.2, 0.25) is 0 Å². The van der Waals surface area contributed by atoms with Crippen molar-refractivity contribution >= 4 is 39.5 Å². The maximum Gasteiger partial charge on any atom is 0.326 e. The fourth-order valence-corrected chi connectivity index (χ4v) is 4.05. The van der Waals surface area contributed by atoms with E-state index in [1.54, 1.807) is 20.8 Å². The molecule has 2 N–H and O–H groups in total. The number of urea groups is 1. The Labute approximate surface area is 165 Å². The number of imide groups is 1. The number of H-pyrrole nitrogens is 1. The molecule has 2 atom stereocenters. The molecule has 3 heterocycles. The van der Waals surface area contributed by atoms with Crippen LogP contribution in [0.15, 0.2) is 4.79 Å². The van der Waals surface area contributed by atoms with Gasteiger partial charge in [-0.25, -0.2) is 9.78 Å². The number of nitrogens with one attached hydrogen (secondary N) is 2. The molecule has 0 unspecified atom stereocenters. The molecule has 3 amide bonds. The highest BCUT2D eigenvalue weighted by Gasteiger charge is 2.47. The second-order valence-electron chi connectivity index (χ2n) is 7.05. The lowest BCUT2D eigenvalue weighted by atomic mass is 9.99. The number of carbonyl (C=O) groups excluding carboxylic acids is 3. The Bertz CT molecular complexity index is 1040. The zero-order valence-electron chi connectivity index (χ0n) is 16.3. The van der Waals surface area contributed by atoms with Gasteiger partial charge < -0.3 is 15.0 Å². The third kappa shape index (κ3) is 3.28. The Morgan fingerprint density at radius 2 is 2.00 bits per heavy atom. The first-order chi connectivity index (χ1) is 13.1. The fourth-order valence-electron chi connectivity index (χ4n) is 3.01. The highest BCUT2D eigenvalue weighted by Crippen LogP contribution is 2.27. The van der Waals surface area contributed by atoms with Gasteiger partial charge in [-0.05, 0) is 39.7 Å². The molecule has 10 heteroatoms. The standard InChI is InChI=1S/C18H22N4O5S/c1-6-18(5)16(25)22(17(26)21-18)7-11(23)27-9(3)13-19-14(24)12-8(2)10(4)28-15(12)20-13/h9H,6-7H2,1-5H3,(H,21,26)(H,19,20,24)/t9-,18-/m0/s1. The number of esters is 1. The molecule has 1 saturated heterocycles. The number of aromatic amines is 1. The summed E-state index contributed by atoms with van der Waals surface area (Å²) in [6.45, 7) is 8.21. The number of fused-ring (bicyclic) bond motifs is 1. The highest BCUT2D eigenvalue weighted by molar-refractivity contribution is 7.18. The number of rotatable bonds is 5. The summed E-state index contributed by atoms with van der Waals surface area (Å²) >= 11 is 1.39. The molecular weight excluding hydrogens is 384 g/mol. The third-order valence-corrected chi connectivity index (χ3v) is 6.19. The number of aryl methyl sites for hydroxylation is 2. The fraction of sp³-hybridized carbons (Fsp3) is 0.500. The first kappa shape index (κ1) is 20.0. The molecule has 2 aromatic heterocycles. The molecule has 28 heavy (non-hydrogen) atoms. The van der Waals surface area contributed by atoms with Gasteiger partial charge in [-0.3, -0.25) is 19.3 Å². The van der Waals surface area contributed by atoms with Gasteiger partial charge in [0.25, 0.3) is 11.5 Å². The Hall–Kier alpha value is -2.75. The molecule has 0 saturated carbocycles. The number of hydrogen-bond donors (Lipinski definition) is 2. The molecule has 3 rings (SSSR count). The van der Waals surface area contributed by atoms with Crippen molar-refractivity contribution in [2.24, 2.45) is 0 Å². The van der Waals surface area contributed by atoms with Gasteiger partial charge in [-0.1, -0.05) is 6.92 Å². The van der Waals surface area contributed by atoms with Crippen molar-refractivity contribution in [3.63, 3.8) is 0 Å². The summed E-state index contributed by atoms with van der Waals surface area (Å²) in [6.07, 6.45) is -0.435. The summed E-state index contributed by atoms with van der Waals surface area (Å²) in [5.74, 6) is -1.03. The minimum absolute atomic E-state index is 0.211. The van der Waals surface area contributed by atoms with Gasteiger partial charge in [0, 0.05) is 4.88 Å². The normalized spacial score (nSPS) is 20.5. The minimum Gasteiger partial charge on any atom is -0.453 e. The van der Waals surface area contributed by atoms with Crippen molar-refractivity contribution in [1.29, 1.82) is 0 Å². The average molecular weight is 406 g/mol. The Balaban J connectivity index is 1.75. The predicted octanol–water partition coefficient (Wildman–Crippen LogP) is 1.93. The van der Waals surface area contributed by atoms with Crippen molar-refractivity contribution in [3.05, 3.63) is 26.6 Å². The Kier molecular flexibility index (Phi) is 5.00. The summed E-state index contributed by atoms with van der Waals surface area (Å²) < 4.78 is 5.30. The van der Waals surface area contributed by atoms with Crippen LogP contribution in [0.3, 0.4) is 0 Å². The van der Waals surface area contributed by atoms with Crippen LogP contribution in [-0.4, -0.2) is 44.9 Å². The number of aromatic nitrogens is 2. The molecule has 2 aromatic rings. The Morgan fingerprint density at radius 3 is 2.61 bits per heavy atom. The van der Waals surface area contributed by atoms with Gasteiger partial charge in [0.2, 0.25) is 0 Å². The monoisotopic (exact) mass is 406 g/mol. The van der Waals surface area contributed by atoms with Crippen molar-refractivity contribution in [1.82, 2.24) is 20.2 Å². The van der Waals surface area contributed by atoms with Crippen LogP contribution in [0, 0.1) is 13.8 Å². The molecule has 150 valence electrons. The van der Waals surface area contributed by atoms with Crippen molar-refractivity contribution in [2.75, 3.05) is 6.54 Å². The molecule has 0 bridgehead atoms. The van der Waals surface area contributed by atoms with Crippen LogP contribution in [0.4, 0.5) is 4.79 Å². The van der Waals surface area contributed by atoms with Crippen molar-refractivity contribution in [3.8, 4) is 0 Å². The second kappa shape index (κ2) is 7.01. The molecule has 1 aliphatic heterocycles. The SMILES string of the molecule is CC[C@]1(C)NC(=O)N(CC(=O)O[C@@H](C)c2nc3sc(C)c(C)c3c(=O)[nH]2)C1=O. The zero-order valence-corrected chi connectivity index (χ0v) is 17.2. The van der Waals surface area contributed by atoms with Crippen molar-refractivity contribution < 1.29 is 19.1 Å². The summed E-state index contributed by atoms with van der Waals surface area (Å²) in [6, 6.07) is -0.628. The van der Waals surface area contributed by atoms with Crippen LogP contribution in [0.1, 0.15) is 49.6 Å². The summed E-state index contributed by atoms with van der Waals surface area (Å²) in [4.78, 5) is 58.4. The molecule has 0 radical (unpaired) electrons. The molecule has 0 aromatic carbocycles. The smallest absolute Gasteiger partial charge is 0.326 e. The molecular formula is C18H22N4O5S. The van der Waals surface area contributed by atoms with Crippen LogP contribution >= 0.6 is 11.3 Å². The van der Waals surface area contributed by atoms with E-state index in [9.17, 15) is 19.2 Å². The summed E-state index contributed by atoms with van der Waals surface area (Å²) in [7, 11) is 0. The van der Waals surface area contributed by atoms with E-state index in [4.69, 9.17) is 4.74 Å². The molecule has 0 spiro atoms. The zero-order chi connectivity index (χ0) is 20.8. The largest absolute Gasteiger partial charge is 0.453 e. The summed E-state index contributed by atoms with van der Waals surface area (Å²) in [5, 5.41) is 3.11. The van der Waals surface area contributed by atoms with Gasteiger partial charge in [0.1, 0.15) is 16.9 Å². The maximum atomic E-state index is 12.4. The van der Waals surface area contributed by atoms with Crippen LogP contribution in [-0.2, 0) is 14.3 Å². The first-order valence-electron chi connectivity index (χ1n) is 8.91. The van der Waals surface area contributed by atoms with Gasteiger partial charge in [0.05, 0.1) is 5.39 Å². The Morgan fingerprint density at radius 1 is 1.32 bits per heavy atom. The van der Waals surface area contributed by atoms with Gasteiger partial charge >= 0.3 is 12.0 Å².